The Hall–Kier alpha value is -2.24. The van der Waals surface area contributed by atoms with E-state index in [1.54, 1.807) is 25.3 Å². The lowest BCUT2D eigenvalue weighted by Gasteiger charge is -2.03. The Morgan fingerprint density at radius 1 is 1.17 bits per heavy atom. The van der Waals surface area contributed by atoms with Gasteiger partial charge in [0.05, 0.1) is 12.0 Å². The summed E-state index contributed by atoms with van der Waals surface area (Å²) in [5.74, 6) is 0.489. The highest BCUT2D eigenvalue weighted by molar-refractivity contribution is 8.18. The van der Waals surface area contributed by atoms with Gasteiger partial charge in [-0.1, -0.05) is 35.9 Å². The lowest BCUT2D eigenvalue weighted by Crippen LogP contribution is -2.19. The monoisotopic (exact) mass is 344 g/mol. The normalized spacial score (nSPS) is 17.6. The number of carbonyl (C=O) groups is 1. The van der Waals surface area contributed by atoms with E-state index in [9.17, 15) is 4.79 Å². The van der Waals surface area contributed by atoms with E-state index >= 15 is 0 Å². The molecule has 2 aromatic rings. The van der Waals surface area contributed by atoms with Crippen LogP contribution < -0.4 is 10.1 Å². The number of amidine groups is 1. The summed E-state index contributed by atoms with van der Waals surface area (Å²) in [6.45, 7) is 0. The van der Waals surface area contributed by atoms with Crippen molar-refractivity contribution in [2.75, 3.05) is 7.11 Å². The second-order valence-corrected chi connectivity index (χ2v) is 6.17. The van der Waals surface area contributed by atoms with Gasteiger partial charge in [-0.05, 0) is 47.7 Å². The van der Waals surface area contributed by atoms with Crippen molar-refractivity contribution < 1.29 is 9.53 Å². The van der Waals surface area contributed by atoms with Crippen LogP contribution in [0.5, 0.6) is 5.75 Å². The van der Waals surface area contributed by atoms with Gasteiger partial charge in [0.1, 0.15) is 11.4 Å². The summed E-state index contributed by atoms with van der Waals surface area (Å²) >= 11 is 7.16. The van der Waals surface area contributed by atoms with E-state index in [-0.39, 0.29) is 5.91 Å². The Kier molecular flexibility index (Phi) is 4.69. The van der Waals surface area contributed by atoms with Gasteiger partial charge in [0, 0.05) is 5.02 Å². The lowest BCUT2D eigenvalue weighted by atomic mass is 10.2. The molecule has 3 rings (SSSR count). The highest BCUT2D eigenvalue weighted by atomic mass is 35.5. The average Bonchev–Trinajstić information content (AvgIpc) is 2.89. The smallest absolute Gasteiger partial charge is 0.264 e. The summed E-state index contributed by atoms with van der Waals surface area (Å²) in [7, 11) is 1.59. The zero-order valence-corrected chi connectivity index (χ0v) is 13.8. The van der Waals surface area contributed by atoms with Crippen molar-refractivity contribution in [1.82, 2.24) is 5.32 Å². The Bertz CT molecular complexity index is 800. The number of nitrogens with one attached hydrogen (secondary N) is 1. The van der Waals surface area contributed by atoms with E-state index in [2.05, 4.69) is 10.3 Å². The number of aliphatic imine (C=N–C) groups is 1. The van der Waals surface area contributed by atoms with Crippen LogP contribution >= 0.6 is 23.4 Å². The molecule has 1 saturated heterocycles. The first-order valence-corrected chi connectivity index (χ1v) is 8.03. The first kappa shape index (κ1) is 15.6. The third-order valence-corrected chi connectivity index (χ3v) is 4.29. The van der Waals surface area contributed by atoms with E-state index in [4.69, 9.17) is 16.3 Å². The van der Waals surface area contributed by atoms with E-state index in [1.165, 1.54) is 11.8 Å². The fraction of sp³-hybridized carbons (Fsp3) is 0.0588. The molecule has 0 unspecified atom stereocenters. The quantitative estimate of drug-likeness (QED) is 0.847. The van der Waals surface area contributed by atoms with Crippen LogP contribution in [-0.4, -0.2) is 18.2 Å². The second kappa shape index (κ2) is 6.89. The molecule has 0 saturated carbocycles. The molecule has 0 aliphatic carbocycles. The number of hydrogen-bond acceptors (Lipinski definition) is 4. The molecule has 23 heavy (non-hydrogen) atoms. The second-order valence-electron chi connectivity index (χ2n) is 4.71. The molecule has 0 radical (unpaired) electrons. The van der Waals surface area contributed by atoms with Crippen molar-refractivity contribution in [2.24, 2.45) is 4.99 Å². The van der Waals surface area contributed by atoms with E-state index in [0.717, 1.165) is 5.56 Å². The van der Waals surface area contributed by atoms with Crippen molar-refractivity contribution in [3.05, 3.63) is 64.0 Å². The van der Waals surface area contributed by atoms with Crippen LogP contribution in [0.2, 0.25) is 5.02 Å². The number of hydrogen-bond donors (Lipinski definition) is 1. The molecule has 0 aromatic heterocycles. The van der Waals surface area contributed by atoms with Gasteiger partial charge >= 0.3 is 0 Å². The van der Waals surface area contributed by atoms with Crippen molar-refractivity contribution in [2.45, 2.75) is 0 Å². The molecule has 116 valence electrons. The van der Waals surface area contributed by atoms with Crippen molar-refractivity contribution in [1.29, 1.82) is 0 Å². The van der Waals surface area contributed by atoms with Gasteiger partial charge < -0.3 is 10.1 Å². The van der Waals surface area contributed by atoms with Crippen LogP contribution in [0.4, 0.5) is 5.69 Å². The van der Waals surface area contributed by atoms with Gasteiger partial charge in [0.15, 0.2) is 5.17 Å². The van der Waals surface area contributed by atoms with Gasteiger partial charge in [-0.3, -0.25) is 4.79 Å². The summed E-state index contributed by atoms with van der Waals surface area (Å²) in [6, 6.07) is 14.7. The van der Waals surface area contributed by atoms with Crippen LogP contribution in [0.1, 0.15) is 5.56 Å². The number of ether oxygens (including phenoxy) is 1. The first-order chi connectivity index (χ1) is 11.2. The minimum Gasteiger partial charge on any atom is -0.494 e. The van der Waals surface area contributed by atoms with Gasteiger partial charge in [-0.2, -0.15) is 0 Å². The third kappa shape index (κ3) is 3.75. The Labute approximate surface area is 143 Å². The predicted octanol–water partition coefficient (Wildman–Crippen LogP) is 4.24. The highest BCUT2D eigenvalue weighted by Gasteiger charge is 2.24. The molecule has 0 atom stereocenters. The number of para-hydroxylation sites is 2. The predicted molar refractivity (Wildman–Crippen MR) is 95.3 cm³/mol. The third-order valence-electron chi connectivity index (χ3n) is 3.13. The maximum atomic E-state index is 12.1. The van der Waals surface area contributed by atoms with Crippen LogP contribution in [0.25, 0.3) is 6.08 Å². The fourth-order valence-electron chi connectivity index (χ4n) is 2.02. The van der Waals surface area contributed by atoms with E-state index < -0.39 is 0 Å². The van der Waals surface area contributed by atoms with Crippen molar-refractivity contribution >= 4 is 46.2 Å². The molecule has 1 fully saturated rings. The summed E-state index contributed by atoms with van der Waals surface area (Å²) in [5.41, 5.74) is 1.58. The number of nitrogens with zero attached hydrogens (tertiary/aromatic N) is 1. The first-order valence-electron chi connectivity index (χ1n) is 6.84. The van der Waals surface area contributed by atoms with Crippen LogP contribution in [0.15, 0.2) is 58.4 Å². The largest absolute Gasteiger partial charge is 0.494 e. The lowest BCUT2D eigenvalue weighted by molar-refractivity contribution is -0.115. The average molecular weight is 345 g/mol. The highest BCUT2D eigenvalue weighted by Crippen LogP contribution is 2.31. The summed E-state index contributed by atoms with van der Waals surface area (Å²) in [4.78, 5) is 17.1. The summed E-state index contributed by atoms with van der Waals surface area (Å²) in [5, 5.41) is 3.95. The molecule has 1 aliphatic rings. The Morgan fingerprint density at radius 3 is 2.65 bits per heavy atom. The standard InChI is InChI=1S/C17H13ClN2O2S/c1-22-14-5-3-2-4-13(14)19-17-20-16(21)15(23-17)10-11-6-8-12(18)9-7-11/h2-10H,1H3,(H,19,20,21)/b15-10-. The fourth-order valence-corrected chi connectivity index (χ4v) is 2.98. The topological polar surface area (TPSA) is 50.7 Å². The molecule has 1 amide bonds. The molecule has 1 N–H and O–H groups in total. The van der Waals surface area contributed by atoms with Crippen LogP contribution in [0, 0.1) is 0 Å². The van der Waals surface area contributed by atoms with Gasteiger partial charge in [0.25, 0.3) is 5.91 Å². The molecule has 0 bridgehead atoms. The molecule has 4 nitrogen and oxygen atoms in total. The maximum absolute atomic E-state index is 12.1. The van der Waals surface area contributed by atoms with Crippen LogP contribution in [0.3, 0.4) is 0 Å². The van der Waals surface area contributed by atoms with Crippen molar-refractivity contribution in [3.63, 3.8) is 0 Å². The zero-order valence-electron chi connectivity index (χ0n) is 12.2. The van der Waals surface area contributed by atoms with Gasteiger partial charge in [-0.15, -0.1) is 0 Å². The number of carbonyl (C=O) groups excluding carboxylic acids is 1. The maximum Gasteiger partial charge on any atom is 0.264 e. The van der Waals surface area contributed by atoms with E-state index in [1.807, 2.05) is 36.4 Å². The summed E-state index contributed by atoms with van der Waals surface area (Å²) < 4.78 is 5.26. The Balaban J connectivity index is 1.84. The van der Waals surface area contributed by atoms with Crippen LogP contribution in [-0.2, 0) is 4.79 Å². The minimum absolute atomic E-state index is 0.168. The molecule has 6 heteroatoms. The Morgan fingerprint density at radius 2 is 1.91 bits per heavy atom. The SMILES string of the molecule is COc1ccccc1N=C1NC(=O)/C(=C/c2ccc(Cl)cc2)S1. The molecule has 1 aliphatic heterocycles. The number of benzene rings is 2. The summed E-state index contributed by atoms with van der Waals surface area (Å²) in [6.07, 6.45) is 1.81. The molecule has 1 heterocycles. The van der Waals surface area contributed by atoms with E-state index in [0.29, 0.717) is 26.5 Å². The number of thioether (sulfide) groups is 1. The number of rotatable bonds is 3. The number of amides is 1. The number of methoxy groups -OCH3 is 1. The minimum atomic E-state index is -0.168. The molecule has 2 aromatic carbocycles. The molecule has 0 spiro atoms. The number of halogens is 1. The zero-order chi connectivity index (χ0) is 16.2. The molecular formula is C17H13ClN2O2S. The van der Waals surface area contributed by atoms with Gasteiger partial charge in [-0.25, -0.2) is 4.99 Å². The van der Waals surface area contributed by atoms with Crippen molar-refractivity contribution in [3.8, 4) is 5.75 Å². The van der Waals surface area contributed by atoms with Gasteiger partial charge in [0.2, 0.25) is 0 Å². The molecular weight excluding hydrogens is 332 g/mol.